The van der Waals surface area contributed by atoms with Crippen LogP contribution in [0.1, 0.15) is 27.7 Å². The van der Waals surface area contributed by atoms with Crippen molar-refractivity contribution in [3.63, 3.8) is 0 Å². The second kappa shape index (κ2) is 39.5. The second-order valence-corrected chi connectivity index (χ2v) is 11.0. The van der Waals surface area contributed by atoms with Gasteiger partial charge in [0.05, 0.1) is 165 Å². The molecule has 0 aliphatic carbocycles. The fourth-order valence-corrected chi connectivity index (χ4v) is 3.32. The van der Waals surface area contributed by atoms with E-state index in [0.717, 1.165) is 0 Å². The summed E-state index contributed by atoms with van der Waals surface area (Å²) in [4.78, 5) is 11.5. The number of amides is 1. The molecule has 0 aliphatic heterocycles. The van der Waals surface area contributed by atoms with E-state index in [1.807, 2.05) is 27.7 Å². The van der Waals surface area contributed by atoms with Crippen molar-refractivity contribution in [1.29, 1.82) is 0 Å². The van der Waals surface area contributed by atoms with Gasteiger partial charge in [0.2, 0.25) is 0 Å². The second-order valence-electron chi connectivity index (χ2n) is 11.0. The Morgan fingerprint density at radius 2 is 0.571 bits per heavy atom. The summed E-state index contributed by atoms with van der Waals surface area (Å²) >= 11 is 0. The number of nitrogens with one attached hydrogen (secondary N) is 1. The Kier molecular flexibility index (Phi) is 38.5. The minimum absolute atomic E-state index is 0.382. The van der Waals surface area contributed by atoms with Crippen LogP contribution in [0.4, 0.5) is 4.79 Å². The third-order valence-corrected chi connectivity index (χ3v) is 5.58. The highest BCUT2D eigenvalue weighted by Gasteiger charge is 2.15. The lowest BCUT2D eigenvalue weighted by molar-refractivity contribution is -0.0289. The van der Waals surface area contributed by atoms with E-state index in [-0.39, 0.29) is 0 Å². The highest BCUT2D eigenvalue weighted by atomic mass is 16.6. The van der Waals surface area contributed by atoms with E-state index < -0.39 is 11.7 Å². The molecule has 16 nitrogen and oxygen atoms in total. The first-order valence-corrected chi connectivity index (χ1v) is 17.4. The van der Waals surface area contributed by atoms with E-state index in [9.17, 15) is 4.79 Å². The van der Waals surface area contributed by atoms with Crippen LogP contribution in [0, 0.1) is 0 Å². The molecule has 0 unspecified atom stereocenters. The van der Waals surface area contributed by atoms with Gasteiger partial charge in [-0.1, -0.05) is 0 Å². The van der Waals surface area contributed by atoms with Crippen molar-refractivity contribution in [2.75, 3.05) is 178 Å². The standard InChI is InChI=1S/C33H67NO15/c1-5-36-8-9-38-12-13-40-16-17-42-20-21-44-24-25-46-28-29-48-31-30-47-27-26-45-23-22-43-19-18-41-15-14-39-11-10-37-7-6-34-32(35)49-33(2,3)4/h5-31H2,1-4H3,(H,34,35). The molecule has 16 heteroatoms. The maximum Gasteiger partial charge on any atom is 0.407 e. The van der Waals surface area contributed by atoms with Crippen LogP contribution >= 0.6 is 0 Å². The molecule has 0 atom stereocenters. The number of carbonyl (C=O) groups excluding carboxylic acids is 1. The Labute approximate surface area is 294 Å². The van der Waals surface area contributed by atoms with Crippen molar-refractivity contribution < 1.29 is 71.1 Å². The summed E-state index contributed by atoms with van der Waals surface area (Å²) in [6, 6.07) is 0. The number of hydrogen-bond acceptors (Lipinski definition) is 15. The molecule has 0 spiro atoms. The Bertz CT molecular complexity index is 658. The molecule has 0 aromatic rings. The average Bonchev–Trinajstić information content (AvgIpc) is 3.06. The van der Waals surface area contributed by atoms with Crippen LogP contribution < -0.4 is 5.32 Å². The summed E-state index contributed by atoms with van der Waals surface area (Å²) in [5.41, 5.74) is -0.512. The number of carbonyl (C=O) groups is 1. The summed E-state index contributed by atoms with van der Waals surface area (Å²) in [5.74, 6) is 0. The smallest absolute Gasteiger partial charge is 0.407 e. The summed E-state index contributed by atoms with van der Waals surface area (Å²) in [7, 11) is 0. The largest absolute Gasteiger partial charge is 0.444 e. The monoisotopic (exact) mass is 717 g/mol. The zero-order chi connectivity index (χ0) is 35.8. The van der Waals surface area contributed by atoms with Gasteiger partial charge in [0.1, 0.15) is 5.60 Å². The number of alkyl carbamates (subject to hydrolysis) is 1. The molecule has 1 amide bonds. The van der Waals surface area contributed by atoms with E-state index in [1.165, 1.54) is 0 Å². The fraction of sp³-hybridized carbons (Fsp3) is 0.970. The third kappa shape index (κ3) is 44.7. The zero-order valence-corrected chi connectivity index (χ0v) is 30.7. The molecule has 1 N–H and O–H groups in total. The molecule has 0 heterocycles. The highest BCUT2D eigenvalue weighted by Crippen LogP contribution is 2.06. The summed E-state index contributed by atoms with van der Waals surface area (Å²) in [6.45, 7) is 21.1. The molecule has 0 aromatic carbocycles. The molecule has 0 bridgehead atoms. The van der Waals surface area contributed by atoms with E-state index in [2.05, 4.69) is 5.32 Å². The summed E-state index contributed by atoms with van der Waals surface area (Å²) in [5, 5.41) is 2.63. The quantitative estimate of drug-likeness (QED) is 0.0914. The van der Waals surface area contributed by atoms with Gasteiger partial charge < -0.3 is 71.6 Å². The van der Waals surface area contributed by atoms with Crippen LogP contribution in [-0.2, 0) is 66.3 Å². The average molecular weight is 718 g/mol. The predicted octanol–water partition coefficient (Wildman–Crippen LogP) is 1.75. The van der Waals surface area contributed by atoms with Crippen molar-refractivity contribution >= 4 is 6.09 Å². The molecule has 0 aliphatic rings. The van der Waals surface area contributed by atoms with Gasteiger partial charge in [-0.05, 0) is 27.7 Å². The van der Waals surface area contributed by atoms with Crippen LogP contribution in [0.25, 0.3) is 0 Å². The lowest BCUT2D eigenvalue weighted by Crippen LogP contribution is -2.34. The lowest BCUT2D eigenvalue weighted by Gasteiger charge is -2.19. The van der Waals surface area contributed by atoms with Crippen molar-refractivity contribution in [1.82, 2.24) is 5.32 Å². The van der Waals surface area contributed by atoms with Gasteiger partial charge in [0.15, 0.2) is 0 Å². The van der Waals surface area contributed by atoms with Crippen molar-refractivity contribution in [2.24, 2.45) is 0 Å². The van der Waals surface area contributed by atoms with Crippen molar-refractivity contribution in [3.8, 4) is 0 Å². The highest BCUT2D eigenvalue weighted by molar-refractivity contribution is 5.67. The minimum atomic E-state index is -0.512. The molecule has 0 radical (unpaired) electrons. The molecular weight excluding hydrogens is 650 g/mol. The Morgan fingerprint density at radius 1 is 0.367 bits per heavy atom. The minimum Gasteiger partial charge on any atom is -0.444 e. The number of hydrogen-bond donors (Lipinski definition) is 1. The van der Waals surface area contributed by atoms with Crippen LogP contribution in [0.3, 0.4) is 0 Å². The van der Waals surface area contributed by atoms with Gasteiger partial charge in [-0.2, -0.15) is 0 Å². The molecule has 49 heavy (non-hydrogen) atoms. The fourth-order valence-electron chi connectivity index (χ4n) is 3.32. The first-order chi connectivity index (χ1) is 24.0. The van der Waals surface area contributed by atoms with Gasteiger partial charge >= 0.3 is 6.09 Å². The third-order valence-electron chi connectivity index (χ3n) is 5.58. The van der Waals surface area contributed by atoms with Crippen molar-refractivity contribution in [2.45, 2.75) is 33.3 Å². The van der Waals surface area contributed by atoms with E-state index in [0.29, 0.717) is 178 Å². The molecule has 0 saturated carbocycles. The van der Waals surface area contributed by atoms with Gasteiger partial charge in [-0.3, -0.25) is 0 Å². The van der Waals surface area contributed by atoms with Crippen LogP contribution in [-0.4, -0.2) is 190 Å². The maximum absolute atomic E-state index is 11.5. The van der Waals surface area contributed by atoms with Crippen LogP contribution in [0.5, 0.6) is 0 Å². The molecule has 0 aromatic heterocycles. The van der Waals surface area contributed by atoms with E-state index in [4.69, 9.17) is 66.3 Å². The van der Waals surface area contributed by atoms with E-state index >= 15 is 0 Å². The zero-order valence-electron chi connectivity index (χ0n) is 30.7. The lowest BCUT2D eigenvalue weighted by atomic mass is 10.2. The van der Waals surface area contributed by atoms with Gasteiger partial charge in [-0.25, -0.2) is 4.79 Å². The SMILES string of the molecule is CCOCCOCCOCCOCCOCCOCCOCCOCCOCCOCCOCCOCCOCCNC(=O)OC(C)(C)C. The summed E-state index contributed by atoms with van der Waals surface area (Å²) in [6.07, 6.45) is -0.453. The first-order valence-electron chi connectivity index (χ1n) is 17.4. The number of rotatable bonds is 40. The first kappa shape index (κ1) is 47.8. The topological polar surface area (TPSA) is 158 Å². The van der Waals surface area contributed by atoms with Crippen molar-refractivity contribution in [3.05, 3.63) is 0 Å². The van der Waals surface area contributed by atoms with Gasteiger partial charge in [0.25, 0.3) is 0 Å². The van der Waals surface area contributed by atoms with Gasteiger partial charge in [-0.15, -0.1) is 0 Å². The number of ether oxygens (including phenoxy) is 14. The molecule has 0 fully saturated rings. The molecule has 0 saturated heterocycles. The van der Waals surface area contributed by atoms with Gasteiger partial charge in [0, 0.05) is 13.2 Å². The molecular formula is C33H67NO15. The van der Waals surface area contributed by atoms with Crippen LogP contribution in [0.15, 0.2) is 0 Å². The normalized spacial score (nSPS) is 11.8. The Morgan fingerprint density at radius 3 is 0.776 bits per heavy atom. The Balaban J connectivity index is 3.09. The van der Waals surface area contributed by atoms with Crippen LogP contribution in [0.2, 0.25) is 0 Å². The summed E-state index contributed by atoms with van der Waals surface area (Å²) < 4.78 is 75.7. The molecule has 0 rings (SSSR count). The molecule has 294 valence electrons. The predicted molar refractivity (Wildman–Crippen MR) is 181 cm³/mol. The van der Waals surface area contributed by atoms with E-state index in [1.54, 1.807) is 0 Å². The maximum atomic E-state index is 11.5. The Hall–Kier alpha value is -1.25.